The van der Waals surface area contributed by atoms with Gasteiger partial charge in [-0.05, 0) is 30.7 Å². The van der Waals surface area contributed by atoms with Crippen LogP contribution in [-0.2, 0) is 0 Å². The predicted octanol–water partition coefficient (Wildman–Crippen LogP) is 3.18. The summed E-state index contributed by atoms with van der Waals surface area (Å²) in [4.78, 5) is 12.5. The number of anilines is 1. The molecule has 0 bridgehead atoms. The molecule has 0 unspecified atom stereocenters. The van der Waals surface area contributed by atoms with Crippen LogP contribution >= 0.6 is 0 Å². The van der Waals surface area contributed by atoms with Gasteiger partial charge in [0, 0.05) is 24.4 Å². The molecule has 0 aliphatic heterocycles. The Morgan fingerprint density at radius 2 is 1.85 bits per heavy atom. The Morgan fingerprint density at radius 3 is 2.60 bits per heavy atom. The molecule has 0 fully saturated rings. The van der Waals surface area contributed by atoms with E-state index >= 15 is 0 Å². The molecule has 2 aromatic heterocycles. The lowest BCUT2D eigenvalue weighted by molar-refractivity contribution is 0.575. The predicted molar refractivity (Wildman–Crippen MR) is 77.0 cm³/mol. The van der Waals surface area contributed by atoms with Gasteiger partial charge in [0.2, 0.25) is 5.95 Å². The number of halogens is 1. The Hall–Kier alpha value is -2.56. The van der Waals surface area contributed by atoms with Crippen LogP contribution in [0.25, 0.3) is 22.2 Å². The first-order valence-corrected chi connectivity index (χ1v) is 6.24. The largest absolute Gasteiger partial charge is 0.372 e. The summed E-state index contributed by atoms with van der Waals surface area (Å²) in [6.45, 7) is 1.70. The van der Waals surface area contributed by atoms with Crippen molar-refractivity contribution in [3.05, 3.63) is 48.2 Å². The van der Waals surface area contributed by atoms with E-state index in [1.807, 2.05) is 18.2 Å². The van der Waals surface area contributed by atoms with Crippen LogP contribution in [0.3, 0.4) is 0 Å². The molecule has 1 N–H and O–H groups in total. The van der Waals surface area contributed by atoms with Gasteiger partial charge in [0.25, 0.3) is 0 Å². The molecule has 4 nitrogen and oxygen atoms in total. The monoisotopic (exact) mass is 268 g/mol. The molecule has 1 aromatic carbocycles. The minimum Gasteiger partial charge on any atom is -0.372 e. The zero-order chi connectivity index (χ0) is 14.1. The minimum absolute atomic E-state index is 0.438. The average Bonchev–Trinajstić information content (AvgIpc) is 2.49. The lowest BCUT2D eigenvalue weighted by atomic mass is 10.1. The number of aromatic nitrogens is 3. The number of benzene rings is 1. The number of nitrogens with zero attached hydrogens (tertiary/aromatic N) is 3. The van der Waals surface area contributed by atoms with Crippen LogP contribution in [-0.4, -0.2) is 22.0 Å². The maximum atomic E-state index is 13.2. The Balaban J connectivity index is 2.13. The van der Waals surface area contributed by atoms with Crippen molar-refractivity contribution in [1.29, 1.82) is 0 Å². The van der Waals surface area contributed by atoms with E-state index < -0.39 is 5.95 Å². The Kier molecular flexibility index (Phi) is 3.02. The van der Waals surface area contributed by atoms with Crippen molar-refractivity contribution in [2.45, 2.75) is 6.92 Å². The molecule has 0 amide bonds. The molecule has 0 atom stereocenters. The first kappa shape index (κ1) is 12.5. The van der Waals surface area contributed by atoms with E-state index in [0.29, 0.717) is 11.4 Å². The molecule has 3 rings (SSSR count). The van der Waals surface area contributed by atoms with Crippen LogP contribution < -0.4 is 5.32 Å². The molecular weight excluding hydrogens is 255 g/mol. The van der Waals surface area contributed by atoms with E-state index in [1.54, 1.807) is 26.2 Å². The van der Waals surface area contributed by atoms with Crippen LogP contribution in [0.15, 0.2) is 36.7 Å². The molecule has 20 heavy (non-hydrogen) atoms. The van der Waals surface area contributed by atoms with Crippen molar-refractivity contribution in [2.75, 3.05) is 12.4 Å². The Morgan fingerprint density at radius 1 is 1.00 bits per heavy atom. The molecular formula is C15H13FN4. The average molecular weight is 268 g/mol. The fourth-order valence-corrected chi connectivity index (χ4v) is 2.03. The van der Waals surface area contributed by atoms with Crippen molar-refractivity contribution in [1.82, 2.24) is 15.0 Å². The van der Waals surface area contributed by atoms with E-state index in [-0.39, 0.29) is 0 Å². The topological polar surface area (TPSA) is 50.7 Å². The molecule has 0 radical (unpaired) electrons. The van der Waals surface area contributed by atoms with Gasteiger partial charge >= 0.3 is 0 Å². The second kappa shape index (κ2) is 4.85. The SMILES string of the molecule is CNc1cnc2ccc(-c3cnc(F)c(C)c3)cc2n1. The first-order chi connectivity index (χ1) is 9.67. The molecule has 0 saturated carbocycles. The number of nitrogens with one attached hydrogen (secondary N) is 1. The zero-order valence-corrected chi connectivity index (χ0v) is 11.2. The van der Waals surface area contributed by atoms with Gasteiger partial charge in [0.05, 0.1) is 17.2 Å². The van der Waals surface area contributed by atoms with Crippen molar-refractivity contribution in [2.24, 2.45) is 0 Å². The molecule has 3 aromatic rings. The summed E-state index contributed by atoms with van der Waals surface area (Å²) in [5, 5.41) is 2.96. The van der Waals surface area contributed by atoms with E-state index in [4.69, 9.17) is 0 Å². The summed E-state index contributed by atoms with van der Waals surface area (Å²) >= 11 is 0. The van der Waals surface area contributed by atoms with Gasteiger partial charge in [-0.2, -0.15) is 4.39 Å². The molecule has 0 aliphatic carbocycles. The third-order valence-electron chi connectivity index (χ3n) is 3.15. The Bertz CT molecular complexity index is 786. The molecule has 2 heterocycles. The summed E-state index contributed by atoms with van der Waals surface area (Å²) in [6.07, 6.45) is 3.21. The van der Waals surface area contributed by atoms with Crippen molar-refractivity contribution < 1.29 is 4.39 Å². The highest BCUT2D eigenvalue weighted by Gasteiger charge is 2.05. The summed E-state index contributed by atoms with van der Waals surface area (Å²) in [5.74, 6) is 0.273. The fourth-order valence-electron chi connectivity index (χ4n) is 2.03. The van der Waals surface area contributed by atoms with Crippen molar-refractivity contribution in [3.63, 3.8) is 0 Å². The number of pyridine rings is 1. The van der Waals surface area contributed by atoms with Gasteiger partial charge in [-0.3, -0.25) is 4.98 Å². The van der Waals surface area contributed by atoms with Crippen LogP contribution in [0.4, 0.5) is 10.2 Å². The number of rotatable bonds is 2. The van der Waals surface area contributed by atoms with E-state index in [0.717, 1.165) is 22.2 Å². The fraction of sp³-hybridized carbons (Fsp3) is 0.133. The quantitative estimate of drug-likeness (QED) is 0.725. The van der Waals surface area contributed by atoms with Crippen LogP contribution in [0, 0.1) is 12.9 Å². The van der Waals surface area contributed by atoms with Gasteiger partial charge in [0.1, 0.15) is 5.82 Å². The second-order valence-electron chi connectivity index (χ2n) is 4.54. The highest BCUT2D eigenvalue weighted by atomic mass is 19.1. The number of aryl methyl sites for hydroxylation is 1. The number of hydrogen-bond acceptors (Lipinski definition) is 4. The van der Waals surface area contributed by atoms with E-state index in [9.17, 15) is 4.39 Å². The molecule has 100 valence electrons. The third kappa shape index (κ3) is 2.18. The maximum Gasteiger partial charge on any atom is 0.215 e. The van der Waals surface area contributed by atoms with Crippen LogP contribution in [0.2, 0.25) is 0 Å². The van der Waals surface area contributed by atoms with Gasteiger partial charge in [-0.1, -0.05) is 6.07 Å². The second-order valence-corrected chi connectivity index (χ2v) is 4.54. The van der Waals surface area contributed by atoms with Gasteiger partial charge in [-0.15, -0.1) is 0 Å². The van der Waals surface area contributed by atoms with Crippen molar-refractivity contribution >= 4 is 16.9 Å². The normalized spacial score (nSPS) is 10.8. The third-order valence-corrected chi connectivity index (χ3v) is 3.15. The minimum atomic E-state index is -0.438. The van der Waals surface area contributed by atoms with Crippen molar-refractivity contribution in [3.8, 4) is 11.1 Å². The lowest BCUT2D eigenvalue weighted by Crippen LogP contribution is -1.94. The molecule has 0 spiro atoms. The highest BCUT2D eigenvalue weighted by Crippen LogP contribution is 2.24. The summed E-state index contributed by atoms with van der Waals surface area (Å²) in [6, 6.07) is 7.54. The summed E-state index contributed by atoms with van der Waals surface area (Å²) < 4.78 is 13.2. The number of fused-ring (bicyclic) bond motifs is 1. The molecule has 0 saturated heterocycles. The first-order valence-electron chi connectivity index (χ1n) is 6.24. The Labute approximate surface area is 115 Å². The molecule has 5 heteroatoms. The van der Waals surface area contributed by atoms with Crippen LogP contribution in [0.1, 0.15) is 5.56 Å². The molecule has 0 aliphatic rings. The maximum absolute atomic E-state index is 13.2. The van der Waals surface area contributed by atoms with Gasteiger partial charge in [0.15, 0.2) is 0 Å². The zero-order valence-electron chi connectivity index (χ0n) is 11.2. The van der Waals surface area contributed by atoms with Gasteiger partial charge < -0.3 is 5.32 Å². The number of hydrogen-bond donors (Lipinski definition) is 1. The summed E-state index contributed by atoms with van der Waals surface area (Å²) in [7, 11) is 1.80. The van der Waals surface area contributed by atoms with Gasteiger partial charge in [-0.25, -0.2) is 9.97 Å². The lowest BCUT2D eigenvalue weighted by Gasteiger charge is -2.06. The smallest absolute Gasteiger partial charge is 0.215 e. The highest BCUT2D eigenvalue weighted by molar-refractivity contribution is 5.82. The van der Waals surface area contributed by atoms with Crippen LogP contribution in [0.5, 0.6) is 0 Å². The standard InChI is InChI=1S/C15H13FN4/c1-9-5-11(7-19-15(9)16)10-3-4-12-13(6-10)20-14(17-2)8-18-12/h3-8H,1-2H3,(H,17,20). The van der Waals surface area contributed by atoms with E-state index in [2.05, 4.69) is 20.3 Å². The van der Waals surface area contributed by atoms with E-state index in [1.165, 1.54) is 6.20 Å². The summed E-state index contributed by atoms with van der Waals surface area (Å²) in [5.41, 5.74) is 3.94.